The van der Waals surface area contributed by atoms with Crippen LogP contribution in [0.2, 0.25) is 0 Å². The molecule has 0 aliphatic heterocycles. The number of hydrogen-bond acceptors (Lipinski definition) is 6. The molecule has 0 unspecified atom stereocenters. The number of methoxy groups -OCH3 is 1. The van der Waals surface area contributed by atoms with Gasteiger partial charge in [-0.15, -0.1) is 11.3 Å². The average Bonchev–Trinajstić information content (AvgIpc) is 3.20. The van der Waals surface area contributed by atoms with Crippen molar-refractivity contribution in [2.45, 2.75) is 23.4 Å². The standard InChI is InChI=1S/C25H24N2O3S2/c1-4-30-18-11-12-19-22(15-18)31-25(27-19)32-23(17-8-6-5-7-9-17)24(28)26-20-14-16(2)10-13-21(20)29-3/h5-15,23H,4H2,1-3H3,(H,26,28)/t23-/m0/s1. The van der Waals surface area contributed by atoms with Crippen molar-refractivity contribution in [2.24, 2.45) is 0 Å². The highest BCUT2D eigenvalue weighted by atomic mass is 32.2. The molecule has 1 N–H and O–H groups in total. The van der Waals surface area contributed by atoms with E-state index in [0.29, 0.717) is 18.0 Å². The second kappa shape index (κ2) is 10.1. The molecule has 32 heavy (non-hydrogen) atoms. The van der Waals surface area contributed by atoms with E-state index in [4.69, 9.17) is 14.5 Å². The van der Waals surface area contributed by atoms with E-state index < -0.39 is 5.25 Å². The van der Waals surface area contributed by atoms with Crippen molar-refractivity contribution in [3.05, 3.63) is 77.9 Å². The van der Waals surface area contributed by atoms with Gasteiger partial charge in [0.1, 0.15) is 16.7 Å². The van der Waals surface area contributed by atoms with Crippen LogP contribution >= 0.6 is 23.1 Å². The molecule has 0 bridgehead atoms. The predicted molar refractivity (Wildman–Crippen MR) is 132 cm³/mol. The lowest BCUT2D eigenvalue weighted by Gasteiger charge is -2.17. The lowest BCUT2D eigenvalue weighted by atomic mass is 10.1. The third-order valence-electron chi connectivity index (χ3n) is 4.82. The Morgan fingerprint density at radius 3 is 2.69 bits per heavy atom. The number of amides is 1. The zero-order valence-corrected chi connectivity index (χ0v) is 19.8. The third kappa shape index (κ3) is 5.06. The maximum absolute atomic E-state index is 13.4. The number of fused-ring (bicyclic) bond motifs is 1. The first-order valence-corrected chi connectivity index (χ1v) is 12.0. The van der Waals surface area contributed by atoms with Crippen LogP contribution in [0.5, 0.6) is 11.5 Å². The fraction of sp³-hybridized carbons (Fsp3) is 0.200. The number of benzene rings is 3. The molecule has 0 saturated carbocycles. The first-order valence-electron chi connectivity index (χ1n) is 10.3. The second-order valence-corrected chi connectivity index (χ2v) is 9.53. The number of thiazole rings is 1. The molecule has 0 saturated heterocycles. The predicted octanol–water partition coefficient (Wildman–Crippen LogP) is 6.48. The molecule has 0 fully saturated rings. The number of thioether (sulfide) groups is 1. The molecule has 4 rings (SSSR count). The van der Waals surface area contributed by atoms with Crippen LogP contribution in [-0.2, 0) is 4.79 Å². The van der Waals surface area contributed by atoms with Crippen molar-refractivity contribution in [3.8, 4) is 11.5 Å². The van der Waals surface area contributed by atoms with Gasteiger partial charge in [-0.1, -0.05) is 48.2 Å². The highest BCUT2D eigenvalue weighted by Crippen LogP contribution is 2.41. The molecule has 1 amide bonds. The summed E-state index contributed by atoms with van der Waals surface area (Å²) < 4.78 is 12.9. The number of hydrogen-bond donors (Lipinski definition) is 1. The first-order chi connectivity index (χ1) is 15.6. The number of ether oxygens (including phenoxy) is 2. The minimum Gasteiger partial charge on any atom is -0.495 e. The van der Waals surface area contributed by atoms with Crippen molar-refractivity contribution in [3.63, 3.8) is 0 Å². The Kier molecular flexibility index (Phi) is 6.97. The van der Waals surface area contributed by atoms with Gasteiger partial charge in [-0.25, -0.2) is 4.98 Å². The highest BCUT2D eigenvalue weighted by molar-refractivity contribution is 8.02. The van der Waals surface area contributed by atoms with Gasteiger partial charge in [0, 0.05) is 0 Å². The van der Waals surface area contributed by atoms with Crippen LogP contribution in [-0.4, -0.2) is 24.6 Å². The van der Waals surface area contributed by atoms with Crippen LogP contribution in [0.1, 0.15) is 23.3 Å². The molecule has 1 atom stereocenters. The Morgan fingerprint density at radius 2 is 1.94 bits per heavy atom. The van der Waals surface area contributed by atoms with Gasteiger partial charge in [-0.2, -0.15) is 0 Å². The van der Waals surface area contributed by atoms with E-state index in [0.717, 1.165) is 31.4 Å². The Balaban J connectivity index is 1.64. The quantitative estimate of drug-likeness (QED) is 0.302. The molecule has 0 aliphatic rings. The zero-order chi connectivity index (χ0) is 22.5. The number of carbonyl (C=O) groups excluding carboxylic acids is 1. The van der Waals surface area contributed by atoms with E-state index in [2.05, 4.69) is 5.32 Å². The Hall–Kier alpha value is -3.03. The lowest BCUT2D eigenvalue weighted by Crippen LogP contribution is -2.19. The van der Waals surface area contributed by atoms with E-state index >= 15 is 0 Å². The Morgan fingerprint density at radius 1 is 1.12 bits per heavy atom. The van der Waals surface area contributed by atoms with Crippen LogP contribution in [0.3, 0.4) is 0 Å². The molecule has 3 aromatic carbocycles. The van der Waals surface area contributed by atoms with Crippen molar-refractivity contribution < 1.29 is 14.3 Å². The summed E-state index contributed by atoms with van der Waals surface area (Å²) in [7, 11) is 1.60. The first kappa shape index (κ1) is 22.2. The summed E-state index contributed by atoms with van der Waals surface area (Å²) in [5, 5.41) is 2.59. The Labute approximate surface area is 195 Å². The van der Waals surface area contributed by atoms with Gasteiger partial charge in [0.15, 0.2) is 4.34 Å². The molecule has 0 spiro atoms. The van der Waals surface area contributed by atoms with Gasteiger partial charge in [-0.3, -0.25) is 4.79 Å². The summed E-state index contributed by atoms with van der Waals surface area (Å²) >= 11 is 3.01. The smallest absolute Gasteiger partial charge is 0.242 e. The van der Waals surface area contributed by atoms with Crippen LogP contribution < -0.4 is 14.8 Å². The van der Waals surface area contributed by atoms with Crippen molar-refractivity contribution in [1.29, 1.82) is 0 Å². The summed E-state index contributed by atoms with van der Waals surface area (Å²) in [6.07, 6.45) is 0. The van der Waals surface area contributed by atoms with Crippen molar-refractivity contribution in [2.75, 3.05) is 19.0 Å². The number of anilines is 1. The fourth-order valence-corrected chi connectivity index (χ4v) is 5.60. The summed E-state index contributed by atoms with van der Waals surface area (Å²) in [6, 6.07) is 21.4. The SMILES string of the molecule is CCOc1ccc2nc(S[C@H](C(=O)Nc3cc(C)ccc3OC)c3ccccc3)sc2c1. The number of nitrogens with zero attached hydrogens (tertiary/aromatic N) is 1. The maximum Gasteiger partial charge on any atom is 0.242 e. The zero-order valence-electron chi connectivity index (χ0n) is 18.1. The molecule has 7 heteroatoms. The third-order valence-corrected chi connectivity index (χ3v) is 7.19. The number of aryl methyl sites for hydroxylation is 1. The van der Waals surface area contributed by atoms with Crippen LogP contribution in [0, 0.1) is 6.92 Å². The minimum atomic E-state index is -0.464. The topological polar surface area (TPSA) is 60.5 Å². The summed E-state index contributed by atoms with van der Waals surface area (Å²) in [5.41, 5.74) is 3.51. The van der Waals surface area contributed by atoms with Gasteiger partial charge >= 0.3 is 0 Å². The molecular formula is C25H24N2O3S2. The van der Waals surface area contributed by atoms with Gasteiger partial charge in [0.2, 0.25) is 5.91 Å². The number of rotatable bonds is 8. The van der Waals surface area contributed by atoms with Crippen molar-refractivity contribution >= 4 is 44.9 Å². The van der Waals surface area contributed by atoms with E-state index in [9.17, 15) is 4.79 Å². The van der Waals surface area contributed by atoms with Gasteiger partial charge < -0.3 is 14.8 Å². The second-order valence-electron chi connectivity index (χ2n) is 7.14. The highest BCUT2D eigenvalue weighted by Gasteiger charge is 2.25. The fourth-order valence-electron chi connectivity index (χ4n) is 3.31. The van der Waals surface area contributed by atoms with Crippen molar-refractivity contribution in [1.82, 2.24) is 4.98 Å². The molecule has 0 aliphatic carbocycles. The largest absolute Gasteiger partial charge is 0.495 e. The van der Waals surface area contributed by atoms with Crippen LogP contribution in [0.4, 0.5) is 5.69 Å². The molecule has 5 nitrogen and oxygen atoms in total. The van der Waals surface area contributed by atoms with Gasteiger partial charge in [-0.05, 0) is 55.3 Å². The number of aromatic nitrogens is 1. The van der Waals surface area contributed by atoms with Crippen LogP contribution in [0.15, 0.2) is 71.1 Å². The van der Waals surface area contributed by atoms with E-state index in [-0.39, 0.29) is 5.91 Å². The molecule has 4 aromatic rings. The van der Waals surface area contributed by atoms with Gasteiger partial charge in [0.05, 0.1) is 29.6 Å². The average molecular weight is 465 g/mol. The molecule has 0 radical (unpaired) electrons. The van der Waals surface area contributed by atoms with Gasteiger partial charge in [0.25, 0.3) is 0 Å². The summed E-state index contributed by atoms with van der Waals surface area (Å²) in [5.74, 6) is 1.33. The Bertz CT molecular complexity index is 1220. The number of carbonyl (C=O) groups is 1. The molecular weight excluding hydrogens is 440 g/mol. The summed E-state index contributed by atoms with van der Waals surface area (Å²) in [4.78, 5) is 18.2. The normalized spacial score (nSPS) is 11.8. The van der Waals surface area contributed by atoms with E-state index in [1.165, 1.54) is 11.8 Å². The maximum atomic E-state index is 13.4. The van der Waals surface area contributed by atoms with Crippen LogP contribution in [0.25, 0.3) is 10.2 Å². The molecule has 1 heterocycles. The summed E-state index contributed by atoms with van der Waals surface area (Å²) in [6.45, 7) is 4.56. The monoisotopic (exact) mass is 464 g/mol. The molecule has 1 aromatic heterocycles. The van der Waals surface area contributed by atoms with E-state index in [1.54, 1.807) is 18.4 Å². The minimum absolute atomic E-state index is 0.126. The number of nitrogens with one attached hydrogen (secondary N) is 1. The lowest BCUT2D eigenvalue weighted by molar-refractivity contribution is -0.115. The van der Waals surface area contributed by atoms with E-state index in [1.807, 2.05) is 80.6 Å². The molecule has 164 valence electrons.